The Hall–Kier alpha value is -2.86. The molecule has 0 aliphatic rings. The highest BCUT2D eigenvalue weighted by Crippen LogP contribution is 2.18. The maximum atomic E-state index is 12.1. The van der Waals surface area contributed by atoms with Crippen molar-refractivity contribution >= 4 is 23.2 Å². The maximum absolute atomic E-state index is 12.1. The lowest BCUT2D eigenvalue weighted by Crippen LogP contribution is -2.13. The van der Waals surface area contributed by atoms with Crippen LogP contribution in [0.5, 0.6) is 5.75 Å². The van der Waals surface area contributed by atoms with Crippen LogP contribution in [-0.2, 0) is 13.7 Å². The van der Waals surface area contributed by atoms with E-state index in [0.29, 0.717) is 23.1 Å². The molecule has 0 radical (unpaired) electrons. The topological polar surface area (TPSA) is 69.0 Å². The molecule has 0 saturated heterocycles. The van der Waals surface area contributed by atoms with Crippen LogP contribution < -0.4 is 10.1 Å². The first-order valence-corrected chi connectivity index (χ1v) is 7.61. The molecule has 2 aromatic heterocycles. The van der Waals surface area contributed by atoms with E-state index in [2.05, 4.69) is 15.3 Å². The van der Waals surface area contributed by atoms with Gasteiger partial charge in [-0.3, -0.25) is 9.78 Å². The van der Waals surface area contributed by atoms with Gasteiger partial charge in [-0.2, -0.15) is 0 Å². The van der Waals surface area contributed by atoms with Crippen LogP contribution >= 0.6 is 11.6 Å². The van der Waals surface area contributed by atoms with Gasteiger partial charge in [0.1, 0.15) is 23.9 Å². The van der Waals surface area contributed by atoms with Gasteiger partial charge in [-0.05, 0) is 36.4 Å². The van der Waals surface area contributed by atoms with Crippen molar-refractivity contribution in [2.75, 3.05) is 5.32 Å². The van der Waals surface area contributed by atoms with E-state index < -0.39 is 0 Å². The highest BCUT2D eigenvalue weighted by atomic mass is 35.5. The summed E-state index contributed by atoms with van der Waals surface area (Å²) in [6, 6.07) is 10.2. The number of carbonyl (C=O) groups excluding carboxylic acids is 1. The number of aryl methyl sites for hydroxylation is 1. The molecule has 0 unspecified atom stereocenters. The number of ether oxygens (including phenoxy) is 1. The molecule has 1 amide bonds. The molecule has 3 aromatic rings. The first kappa shape index (κ1) is 16.0. The fourth-order valence-electron chi connectivity index (χ4n) is 2.04. The molecule has 0 atom stereocenters. The molecule has 2 heterocycles. The number of nitrogens with zero attached hydrogens (tertiary/aromatic N) is 3. The predicted molar refractivity (Wildman–Crippen MR) is 91.2 cm³/mol. The third-order valence-electron chi connectivity index (χ3n) is 3.36. The van der Waals surface area contributed by atoms with Gasteiger partial charge >= 0.3 is 0 Å². The van der Waals surface area contributed by atoms with Crippen molar-refractivity contribution in [2.45, 2.75) is 6.61 Å². The van der Waals surface area contributed by atoms with Crippen molar-refractivity contribution in [3.05, 3.63) is 71.5 Å². The standard InChI is InChI=1S/C17H15ClN4O2/c1-22-9-8-20-16(22)11-24-14-4-2-13(3-5-14)21-17(23)15-10-12(18)6-7-19-15/h2-10H,11H2,1H3,(H,21,23). The number of amides is 1. The van der Waals surface area contributed by atoms with Crippen molar-refractivity contribution in [3.8, 4) is 5.75 Å². The number of aromatic nitrogens is 3. The Bertz CT molecular complexity index is 846. The normalized spacial score (nSPS) is 10.4. The van der Waals surface area contributed by atoms with Gasteiger partial charge in [0.25, 0.3) is 5.91 Å². The summed E-state index contributed by atoms with van der Waals surface area (Å²) in [5.41, 5.74) is 0.906. The summed E-state index contributed by atoms with van der Waals surface area (Å²) in [7, 11) is 1.91. The molecule has 1 N–H and O–H groups in total. The largest absolute Gasteiger partial charge is 0.486 e. The van der Waals surface area contributed by atoms with E-state index in [-0.39, 0.29) is 11.6 Å². The highest BCUT2D eigenvalue weighted by molar-refractivity contribution is 6.30. The Morgan fingerprint density at radius 1 is 1.21 bits per heavy atom. The molecule has 7 heteroatoms. The minimum atomic E-state index is -0.320. The molecule has 0 saturated carbocycles. The summed E-state index contributed by atoms with van der Waals surface area (Å²) in [5.74, 6) is 1.20. The second-order valence-corrected chi connectivity index (χ2v) is 5.52. The molecule has 3 rings (SSSR count). The third-order valence-corrected chi connectivity index (χ3v) is 3.59. The average molecular weight is 343 g/mol. The first-order valence-electron chi connectivity index (χ1n) is 7.24. The van der Waals surface area contributed by atoms with Crippen LogP contribution in [0.1, 0.15) is 16.3 Å². The number of rotatable bonds is 5. The van der Waals surface area contributed by atoms with Crippen LogP contribution in [0.15, 0.2) is 55.0 Å². The summed E-state index contributed by atoms with van der Waals surface area (Å²) in [6.45, 7) is 0.377. The fraction of sp³-hybridized carbons (Fsp3) is 0.118. The Balaban J connectivity index is 1.60. The lowest BCUT2D eigenvalue weighted by molar-refractivity contribution is 0.102. The zero-order valence-electron chi connectivity index (χ0n) is 12.9. The molecular formula is C17H15ClN4O2. The number of carbonyl (C=O) groups is 1. The van der Waals surface area contributed by atoms with Crippen LogP contribution in [0, 0.1) is 0 Å². The molecule has 24 heavy (non-hydrogen) atoms. The monoisotopic (exact) mass is 342 g/mol. The minimum absolute atomic E-state index is 0.262. The van der Waals surface area contributed by atoms with E-state index >= 15 is 0 Å². The van der Waals surface area contributed by atoms with Gasteiger partial charge < -0.3 is 14.6 Å². The Kier molecular flexibility index (Phi) is 4.77. The number of anilines is 1. The Labute approximate surface area is 144 Å². The van der Waals surface area contributed by atoms with Crippen molar-refractivity contribution in [3.63, 3.8) is 0 Å². The van der Waals surface area contributed by atoms with Gasteiger partial charge in [-0.25, -0.2) is 4.98 Å². The van der Waals surface area contributed by atoms with Crippen molar-refractivity contribution in [1.82, 2.24) is 14.5 Å². The lowest BCUT2D eigenvalue weighted by Gasteiger charge is -2.08. The maximum Gasteiger partial charge on any atom is 0.274 e. The smallest absolute Gasteiger partial charge is 0.274 e. The van der Waals surface area contributed by atoms with Crippen LogP contribution in [-0.4, -0.2) is 20.4 Å². The Morgan fingerprint density at radius 2 is 2.00 bits per heavy atom. The van der Waals surface area contributed by atoms with E-state index in [4.69, 9.17) is 16.3 Å². The van der Waals surface area contributed by atoms with E-state index in [9.17, 15) is 4.79 Å². The summed E-state index contributed by atoms with van der Waals surface area (Å²) in [6.07, 6.45) is 5.08. The molecular weight excluding hydrogens is 328 g/mol. The van der Waals surface area contributed by atoms with E-state index in [1.54, 1.807) is 36.5 Å². The molecule has 0 bridgehead atoms. The van der Waals surface area contributed by atoms with Gasteiger partial charge in [0.05, 0.1) is 0 Å². The first-order chi connectivity index (χ1) is 11.6. The average Bonchev–Trinajstić information content (AvgIpc) is 2.99. The predicted octanol–water partition coefficient (Wildman–Crippen LogP) is 3.30. The van der Waals surface area contributed by atoms with Crippen molar-refractivity contribution in [1.29, 1.82) is 0 Å². The second kappa shape index (κ2) is 7.14. The second-order valence-electron chi connectivity index (χ2n) is 5.08. The summed E-state index contributed by atoms with van der Waals surface area (Å²) in [4.78, 5) is 20.3. The number of pyridine rings is 1. The zero-order valence-corrected chi connectivity index (χ0v) is 13.7. The number of hydrogen-bond acceptors (Lipinski definition) is 4. The number of imidazole rings is 1. The van der Waals surface area contributed by atoms with Gasteiger partial charge in [-0.15, -0.1) is 0 Å². The van der Waals surface area contributed by atoms with Crippen LogP contribution in [0.25, 0.3) is 0 Å². The molecule has 0 fully saturated rings. The van der Waals surface area contributed by atoms with Crippen LogP contribution in [0.3, 0.4) is 0 Å². The Morgan fingerprint density at radius 3 is 2.67 bits per heavy atom. The van der Waals surface area contributed by atoms with E-state index in [1.807, 2.05) is 17.8 Å². The van der Waals surface area contributed by atoms with Gasteiger partial charge in [-0.1, -0.05) is 11.6 Å². The molecule has 0 aliphatic heterocycles. The SMILES string of the molecule is Cn1ccnc1COc1ccc(NC(=O)c2cc(Cl)ccn2)cc1. The third kappa shape index (κ3) is 3.91. The van der Waals surface area contributed by atoms with Crippen molar-refractivity contribution < 1.29 is 9.53 Å². The quantitative estimate of drug-likeness (QED) is 0.772. The minimum Gasteiger partial charge on any atom is -0.486 e. The van der Waals surface area contributed by atoms with Crippen LogP contribution in [0.4, 0.5) is 5.69 Å². The summed E-state index contributed by atoms with van der Waals surface area (Å²) < 4.78 is 7.56. The van der Waals surface area contributed by atoms with Gasteiger partial charge in [0, 0.05) is 36.3 Å². The fourth-order valence-corrected chi connectivity index (χ4v) is 2.20. The van der Waals surface area contributed by atoms with E-state index in [0.717, 1.165) is 5.82 Å². The van der Waals surface area contributed by atoms with Gasteiger partial charge in [0.15, 0.2) is 0 Å². The number of benzene rings is 1. The van der Waals surface area contributed by atoms with E-state index in [1.165, 1.54) is 12.3 Å². The highest BCUT2D eigenvalue weighted by Gasteiger charge is 2.08. The number of nitrogens with one attached hydrogen (secondary N) is 1. The molecule has 1 aromatic carbocycles. The van der Waals surface area contributed by atoms with Crippen molar-refractivity contribution in [2.24, 2.45) is 7.05 Å². The molecule has 0 spiro atoms. The van der Waals surface area contributed by atoms with Gasteiger partial charge in [0.2, 0.25) is 0 Å². The number of hydrogen-bond donors (Lipinski definition) is 1. The van der Waals surface area contributed by atoms with Crippen LogP contribution in [0.2, 0.25) is 5.02 Å². The lowest BCUT2D eigenvalue weighted by atomic mass is 10.3. The molecule has 0 aliphatic carbocycles. The number of halogens is 1. The summed E-state index contributed by atoms with van der Waals surface area (Å²) >= 11 is 5.86. The molecule has 6 nitrogen and oxygen atoms in total. The summed E-state index contributed by atoms with van der Waals surface area (Å²) in [5, 5.41) is 3.23. The zero-order chi connectivity index (χ0) is 16.9. The molecule has 122 valence electrons.